The third kappa shape index (κ3) is 20.3. The molecule has 3 aliphatic heterocycles. The predicted octanol–water partition coefficient (Wildman–Crippen LogP) is 2.16. The third-order valence-corrected chi connectivity index (χ3v) is 12.7. The summed E-state index contributed by atoms with van der Waals surface area (Å²) in [6.07, 6.45) is 3.01. The Labute approximate surface area is 460 Å². The summed E-state index contributed by atoms with van der Waals surface area (Å²) in [5.74, 6) is -2.42. The molecule has 2 aromatic rings. The predicted molar refractivity (Wildman–Crippen MR) is 294 cm³/mol. The molecular formula is C55H90N8O15. The number of ketones is 2. The molecule has 5 amide bonds. The third-order valence-electron chi connectivity index (χ3n) is 12.7. The number of rotatable bonds is 16. The van der Waals surface area contributed by atoms with Gasteiger partial charge in [-0.25, -0.2) is 0 Å². The molecule has 0 radical (unpaired) electrons. The highest BCUT2D eigenvalue weighted by atomic mass is 16.7. The number of ether oxygens (including phenoxy) is 4. The Morgan fingerprint density at radius 2 is 1.51 bits per heavy atom. The van der Waals surface area contributed by atoms with E-state index in [9.17, 15) is 53.7 Å². The van der Waals surface area contributed by atoms with Crippen LogP contribution in [-0.4, -0.2) is 191 Å². The van der Waals surface area contributed by atoms with Crippen molar-refractivity contribution in [1.29, 1.82) is 0 Å². The summed E-state index contributed by atoms with van der Waals surface area (Å²) in [6, 6.07) is 4.83. The van der Waals surface area contributed by atoms with E-state index in [4.69, 9.17) is 18.9 Å². The fourth-order valence-corrected chi connectivity index (χ4v) is 9.10. The number of likely N-dealkylation sites (N-methyl/N-ethyl adjacent to an activating group) is 2. The van der Waals surface area contributed by atoms with Crippen LogP contribution >= 0.6 is 0 Å². The smallest absolute Gasteiger partial charge is 0.252 e. The number of benzene rings is 2. The zero-order valence-corrected chi connectivity index (χ0v) is 48.2. The fraction of sp³-hybridized carbons (Fsp3) is 0.636. The Kier molecular flexibility index (Phi) is 33.1. The van der Waals surface area contributed by atoms with Crippen molar-refractivity contribution in [2.45, 2.75) is 125 Å². The molecule has 5 atom stereocenters. The minimum atomic E-state index is -0.565. The van der Waals surface area contributed by atoms with E-state index < -0.39 is 23.6 Å². The number of likely N-dealkylation sites (tertiary alicyclic amines) is 1. The van der Waals surface area contributed by atoms with Crippen molar-refractivity contribution in [3.05, 3.63) is 51.6 Å². The molecule has 0 saturated carbocycles. The van der Waals surface area contributed by atoms with Crippen molar-refractivity contribution in [3.63, 3.8) is 0 Å². The largest absolute Gasteiger partial charge is 0.507 e. The summed E-state index contributed by atoms with van der Waals surface area (Å²) in [5, 5.41) is 42.9. The number of phenolic OH excluding ortho intramolecular Hbond substituents is 2. The van der Waals surface area contributed by atoms with Gasteiger partial charge in [0.2, 0.25) is 29.9 Å². The highest BCUT2D eigenvalue weighted by molar-refractivity contribution is 6.31. The van der Waals surface area contributed by atoms with Crippen LogP contribution in [0.5, 0.6) is 17.2 Å². The molecule has 440 valence electrons. The van der Waals surface area contributed by atoms with Crippen molar-refractivity contribution in [2.75, 3.05) is 93.9 Å². The molecule has 3 heterocycles. The second kappa shape index (κ2) is 36.9. The minimum Gasteiger partial charge on any atom is -0.507 e. The summed E-state index contributed by atoms with van der Waals surface area (Å²) < 4.78 is 21.3. The van der Waals surface area contributed by atoms with Crippen molar-refractivity contribution in [1.82, 2.24) is 41.9 Å². The number of carbonyl (C=O) groups excluding carboxylic acids is 8. The molecule has 2 aliphatic carbocycles. The van der Waals surface area contributed by atoms with E-state index in [-0.39, 0.29) is 113 Å². The van der Waals surface area contributed by atoms with Gasteiger partial charge in [-0.2, -0.15) is 0 Å². The lowest BCUT2D eigenvalue weighted by Gasteiger charge is -2.43. The molecule has 78 heavy (non-hydrogen) atoms. The summed E-state index contributed by atoms with van der Waals surface area (Å²) in [6.45, 7) is 23.5. The number of morpholine rings is 1. The Morgan fingerprint density at radius 1 is 0.846 bits per heavy atom. The first-order valence-corrected chi connectivity index (χ1v) is 26.9. The van der Waals surface area contributed by atoms with E-state index in [0.29, 0.717) is 75.9 Å². The number of amides is 5. The van der Waals surface area contributed by atoms with Crippen LogP contribution in [0.15, 0.2) is 18.2 Å². The maximum absolute atomic E-state index is 13.2. The highest BCUT2D eigenvalue weighted by Gasteiger charge is 2.42. The number of methoxy groups -OCH3 is 2. The van der Waals surface area contributed by atoms with Crippen LogP contribution < -0.4 is 36.9 Å². The second-order valence-corrected chi connectivity index (χ2v) is 18.5. The first-order valence-electron chi connectivity index (χ1n) is 26.9. The van der Waals surface area contributed by atoms with Crippen molar-refractivity contribution in [2.24, 2.45) is 11.3 Å². The molecule has 3 saturated heterocycles. The number of hydrazine groups is 1. The lowest BCUT2D eigenvalue weighted by Crippen LogP contribution is -2.57. The first-order chi connectivity index (χ1) is 37.4. The number of phenols is 2. The van der Waals surface area contributed by atoms with Gasteiger partial charge in [-0.3, -0.25) is 49.3 Å². The molecule has 9 N–H and O–H groups in total. The number of aliphatic hydroxyl groups excluding tert-OH is 1. The molecule has 5 unspecified atom stereocenters. The van der Waals surface area contributed by atoms with Gasteiger partial charge in [0.05, 0.1) is 55.7 Å². The maximum atomic E-state index is 13.2. The first kappa shape index (κ1) is 69.9. The maximum Gasteiger partial charge on any atom is 0.252 e. The van der Waals surface area contributed by atoms with Crippen LogP contribution in [0.25, 0.3) is 0 Å². The Bertz CT molecular complexity index is 2250. The zero-order chi connectivity index (χ0) is 59.1. The number of nitrogens with one attached hydrogen (secondary N) is 6. The van der Waals surface area contributed by atoms with Crippen LogP contribution in [-0.2, 0) is 55.8 Å². The SMILES string of the molecule is CC.CC.CC.CC1(C)CC(=O)N(CCC(=O)NCC=O)C1.CNCC(=O)NNC=O.CNCCNC(=O)C1CCc2c(O)c3c(c(O)c2C1)C(=O)c1cccc(OC)c1C3=O.COC1CN(C2CCOC(C)C2O)CCO1. The van der Waals surface area contributed by atoms with E-state index in [1.165, 1.54) is 13.2 Å². The molecule has 5 aliphatic rings. The van der Waals surface area contributed by atoms with Crippen molar-refractivity contribution >= 4 is 47.9 Å². The Hall–Kier alpha value is -6.08. The number of fused-ring (bicyclic) bond motifs is 3. The lowest BCUT2D eigenvalue weighted by atomic mass is 9.75. The van der Waals surface area contributed by atoms with Crippen LogP contribution in [0.1, 0.15) is 131 Å². The molecule has 0 spiro atoms. The summed E-state index contributed by atoms with van der Waals surface area (Å²) in [5.41, 5.74) is 4.68. The van der Waals surface area contributed by atoms with E-state index in [1.807, 2.05) is 67.7 Å². The highest BCUT2D eigenvalue weighted by Crippen LogP contribution is 2.47. The average Bonchev–Trinajstić information content (AvgIpc) is 3.81. The summed E-state index contributed by atoms with van der Waals surface area (Å²) in [4.78, 5) is 95.7. The molecule has 3 fully saturated rings. The van der Waals surface area contributed by atoms with Crippen molar-refractivity contribution < 1.29 is 72.6 Å². The van der Waals surface area contributed by atoms with E-state index in [0.717, 1.165) is 26.1 Å². The zero-order valence-electron chi connectivity index (χ0n) is 48.2. The lowest BCUT2D eigenvalue weighted by molar-refractivity contribution is -0.190. The van der Waals surface area contributed by atoms with Gasteiger partial charge < -0.3 is 65.2 Å². The van der Waals surface area contributed by atoms with Crippen LogP contribution in [0.3, 0.4) is 0 Å². The molecule has 23 nitrogen and oxygen atoms in total. The number of aldehydes is 1. The minimum absolute atomic E-state index is 0.0103. The monoisotopic (exact) mass is 1100 g/mol. The van der Waals surface area contributed by atoms with Crippen LogP contribution in [0.4, 0.5) is 0 Å². The Balaban J connectivity index is 0.000000550. The van der Waals surface area contributed by atoms with Crippen molar-refractivity contribution in [3.8, 4) is 17.2 Å². The second-order valence-electron chi connectivity index (χ2n) is 18.5. The number of aromatic hydroxyl groups is 2. The van der Waals surface area contributed by atoms with Crippen LogP contribution in [0, 0.1) is 11.3 Å². The molecule has 2 aromatic carbocycles. The van der Waals surface area contributed by atoms with E-state index in [1.54, 1.807) is 38.2 Å². The van der Waals surface area contributed by atoms with Gasteiger partial charge in [0.1, 0.15) is 23.5 Å². The quantitative estimate of drug-likeness (QED) is 0.0430. The number of hydrogen-bond donors (Lipinski definition) is 9. The van der Waals surface area contributed by atoms with E-state index in [2.05, 4.69) is 31.6 Å². The van der Waals surface area contributed by atoms with Gasteiger partial charge in [0.15, 0.2) is 12.1 Å². The average molecular weight is 1100 g/mol. The molecule has 0 bridgehead atoms. The standard InChI is InChI=1S/C23H24N2O6.C11H18N2O3.C11H21NO4.C4H9N3O2.3C2H6/c1-24-8-9-25-23(30)11-6-7-12-14(10-11)21(28)17-18(19(12)26)22(29)16-13(20(17)27)4-3-5-15(16)31-2;1-11(2)7-10(16)13(8-11)5-3-9(15)12-4-6-14;1-8-11(13)9(3-5-15-8)12-4-6-16-10(7-12)14-2;1-5-2-4(9)7-6-3-8;3*1-2/h3-5,11,24,26,28H,6-10H2,1-2H3,(H,25,30);6H,3-5,7-8H2,1-2H3,(H,12,15);8-11,13H,3-7H2,1-2H3;3,5H,2H2,1H3,(H,6,8)(H,7,9);3*1-2H3. The molecule has 7 rings (SSSR count). The van der Waals surface area contributed by atoms with Gasteiger partial charge in [-0.05, 0) is 58.2 Å². The Morgan fingerprint density at radius 3 is 2.10 bits per heavy atom. The molecular weight excluding hydrogens is 1010 g/mol. The molecule has 0 aromatic heterocycles. The van der Waals surface area contributed by atoms with Gasteiger partial charge in [-0.1, -0.05) is 67.5 Å². The van der Waals surface area contributed by atoms with Gasteiger partial charge in [0.25, 0.3) is 5.91 Å². The van der Waals surface area contributed by atoms with Gasteiger partial charge >= 0.3 is 0 Å². The number of hydrogen-bond acceptors (Lipinski definition) is 18. The van der Waals surface area contributed by atoms with Gasteiger partial charge in [-0.15, -0.1) is 0 Å². The number of nitrogens with zero attached hydrogens (tertiary/aromatic N) is 2. The normalized spacial score (nSPS) is 20.4. The number of carbonyl (C=O) groups is 8. The summed E-state index contributed by atoms with van der Waals surface area (Å²) >= 11 is 0. The molecule has 23 heteroatoms. The number of aliphatic hydroxyl groups is 1. The summed E-state index contributed by atoms with van der Waals surface area (Å²) in [7, 11) is 6.48. The van der Waals surface area contributed by atoms with Crippen LogP contribution in [0.2, 0.25) is 0 Å². The van der Waals surface area contributed by atoms with E-state index >= 15 is 0 Å². The topological polar surface area (TPSA) is 313 Å². The fourth-order valence-electron chi connectivity index (χ4n) is 9.10. The van der Waals surface area contributed by atoms with Gasteiger partial charge in [0, 0.05) is 94.5 Å².